The maximum absolute atomic E-state index is 11.4. The molecule has 0 radical (unpaired) electrons. The number of methoxy groups -OCH3 is 1. The number of ether oxygens (including phenoxy) is 1. The highest BCUT2D eigenvalue weighted by atomic mass is 16.5. The molecule has 3 nitrogen and oxygen atoms in total. The predicted octanol–water partition coefficient (Wildman–Crippen LogP) is 2.69. The van der Waals surface area contributed by atoms with E-state index in [1.165, 1.54) is 13.2 Å². The van der Waals surface area contributed by atoms with Gasteiger partial charge in [0.25, 0.3) is 0 Å². The minimum Gasteiger partial charge on any atom is -0.466 e. The zero-order valence-corrected chi connectivity index (χ0v) is 10.0. The van der Waals surface area contributed by atoms with Gasteiger partial charge in [-0.1, -0.05) is 36.4 Å². The number of hydrogen-bond donors (Lipinski definition) is 0. The van der Waals surface area contributed by atoms with Crippen LogP contribution >= 0.6 is 0 Å². The molecule has 0 unspecified atom stereocenters. The molecule has 0 N–H and O–H groups in total. The molecule has 0 spiro atoms. The SMILES string of the molecule is COC(=O)/C=C(\c1ccccc1)c1cccnc1. The highest BCUT2D eigenvalue weighted by Crippen LogP contribution is 2.22. The molecule has 1 aromatic heterocycles. The Morgan fingerprint density at radius 2 is 1.83 bits per heavy atom. The van der Waals surface area contributed by atoms with E-state index in [-0.39, 0.29) is 5.97 Å². The molecule has 0 saturated heterocycles. The molecular formula is C15H13NO2. The lowest BCUT2D eigenvalue weighted by Crippen LogP contribution is -1.98. The first-order valence-electron chi connectivity index (χ1n) is 5.56. The fourth-order valence-electron chi connectivity index (χ4n) is 1.65. The lowest BCUT2D eigenvalue weighted by molar-refractivity contribution is -0.134. The summed E-state index contributed by atoms with van der Waals surface area (Å²) < 4.78 is 4.69. The van der Waals surface area contributed by atoms with E-state index in [9.17, 15) is 4.79 Å². The fraction of sp³-hybridized carbons (Fsp3) is 0.0667. The van der Waals surface area contributed by atoms with Crippen molar-refractivity contribution in [2.45, 2.75) is 0 Å². The first-order valence-corrected chi connectivity index (χ1v) is 5.56. The maximum Gasteiger partial charge on any atom is 0.331 e. The maximum atomic E-state index is 11.4. The Kier molecular flexibility index (Phi) is 3.86. The number of rotatable bonds is 3. The summed E-state index contributed by atoms with van der Waals surface area (Å²) >= 11 is 0. The van der Waals surface area contributed by atoms with Gasteiger partial charge in [0.2, 0.25) is 0 Å². The third-order valence-corrected chi connectivity index (χ3v) is 2.52. The quantitative estimate of drug-likeness (QED) is 0.610. The van der Waals surface area contributed by atoms with Crippen LogP contribution in [-0.2, 0) is 9.53 Å². The van der Waals surface area contributed by atoms with E-state index < -0.39 is 0 Å². The van der Waals surface area contributed by atoms with Gasteiger partial charge in [0.05, 0.1) is 7.11 Å². The monoisotopic (exact) mass is 239 g/mol. The number of pyridine rings is 1. The third kappa shape index (κ3) is 2.83. The molecule has 0 aliphatic carbocycles. The average Bonchev–Trinajstić information content (AvgIpc) is 2.46. The molecule has 2 rings (SSSR count). The molecule has 0 bridgehead atoms. The molecule has 1 aromatic carbocycles. The van der Waals surface area contributed by atoms with Crippen molar-refractivity contribution in [1.29, 1.82) is 0 Å². The summed E-state index contributed by atoms with van der Waals surface area (Å²) in [6.45, 7) is 0. The summed E-state index contributed by atoms with van der Waals surface area (Å²) in [5.41, 5.74) is 2.64. The van der Waals surface area contributed by atoms with E-state index in [0.29, 0.717) is 0 Å². The van der Waals surface area contributed by atoms with Crippen molar-refractivity contribution in [3.63, 3.8) is 0 Å². The lowest BCUT2D eigenvalue weighted by atomic mass is 9.99. The number of esters is 1. The smallest absolute Gasteiger partial charge is 0.331 e. The van der Waals surface area contributed by atoms with E-state index in [0.717, 1.165) is 16.7 Å². The Morgan fingerprint density at radius 3 is 2.44 bits per heavy atom. The first-order chi connectivity index (χ1) is 8.81. The van der Waals surface area contributed by atoms with E-state index in [1.54, 1.807) is 12.4 Å². The van der Waals surface area contributed by atoms with Crippen molar-refractivity contribution in [3.05, 3.63) is 72.1 Å². The van der Waals surface area contributed by atoms with Crippen molar-refractivity contribution in [3.8, 4) is 0 Å². The Hall–Kier alpha value is -2.42. The molecule has 0 atom stereocenters. The predicted molar refractivity (Wildman–Crippen MR) is 69.8 cm³/mol. The fourth-order valence-corrected chi connectivity index (χ4v) is 1.65. The number of nitrogens with zero attached hydrogens (tertiary/aromatic N) is 1. The Morgan fingerprint density at radius 1 is 1.11 bits per heavy atom. The molecule has 1 heterocycles. The molecule has 90 valence electrons. The van der Waals surface area contributed by atoms with Crippen LogP contribution in [0.2, 0.25) is 0 Å². The van der Waals surface area contributed by atoms with Crippen LogP contribution in [0.1, 0.15) is 11.1 Å². The summed E-state index contributed by atoms with van der Waals surface area (Å²) in [6.07, 6.45) is 4.90. The molecule has 0 aliphatic heterocycles. The van der Waals surface area contributed by atoms with Gasteiger partial charge in [-0.05, 0) is 17.2 Å². The van der Waals surface area contributed by atoms with Crippen LogP contribution in [0.3, 0.4) is 0 Å². The lowest BCUT2D eigenvalue weighted by Gasteiger charge is -2.07. The summed E-state index contributed by atoms with van der Waals surface area (Å²) in [7, 11) is 1.37. The number of carbonyl (C=O) groups excluding carboxylic acids is 1. The Bertz CT molecular complexity index is 506. The molecule has 2 aromatic rings. The molecule has 18 heavy (non-hydrogen) atoms. The number of carbonyl (C=O) groups is 1. The Labute approximate surface area is 106 Å². The van der Waals surface area contributed by atoms with Gasteiger partial charge in [-0.3, -0.25) is 4.98 Å². The van der Waals surface area contributed by atoms with Gasteiger partial charge >= 0.3 is 5.97 Å². The van der Waals surface area contributed by atoms with Gasteiger partial charge in [-0.25, -0.2) is 4.79 Å². The molecular weight excluding hydrogens is 226 g/mol. The van der Waals surface area contributed by atoms with Crippen LogP contribution in [0.15, 0.2) is 60.9 Å². The highest BCUT2D eigenvalue weighted by Gasteiger charge is 2.07. The zero-order chi connectivity index (χ0) is 12.8. The van der Waals surface area contributed by atoms with Gasteiger partial charge in [0.15, 0.2) is 0 Å². The minimum absolute atomic E-state index is 0.377. The number of hydrogen-bond acceptors (Lipinski definition) is 3. The van der Waals surface area contributed by atoms with Crippen molar-refractivity contribution in [1.82, 2.24) is 4.98 Å². The minimum atomic E-state index is -0.377. The van der Waals surface area contributed by atoms with E-state index in [2.05, 4.69) is 9.72 Å². The van der Waals surface area contributed by atoms with E-state index in [4.69, 9.17) is 0 Å². The second kappa shape index (κ2) is 5.77. The van der Waals surface area contributed by atoms with Crippen LogP contribution in [-0.4, -0.2) is 18.1 Å². The second-order valence-corrected chi connectivity index (χ2v) is 3.69. The molecule has 0 amide bonds. The third-order valence-electron chi connectivity index (χ3n) is 2.52. The first kappa shape index (κ1) is 12.0. The normalized spacial score (nSPS) is 11.1. The number of aromatic nitrogens is 1. The molecule has 0 fully saturated rings. The van der Waals surface area contributed by atoms with Crippen molar-refractivity contribution in [2.24, 2.45) is 0 Å². The van der Waals surface area contributed by atoms with Crippen LogP contribution in [0.25, 0.3) is 5.57 Å². The average molecular weight is 239 g/mol. The van der Waals surface area contributed by atoms with Crippen molar-refractivity contribution < 1.29 is 9.53 Å². The van der Waals surface area contributed by atoms with Gasteiger partial charge in [0.1, 0.15) is 0 Å². The highest BCUT2D eigenvalue weighted by molar-refractivity contribution is 5.96. The van der Waals surface area contributed by atoms with Crippen LogP contribution in [0.4, 0.5) is 0 Å². The Balaban J connectivity index is 2.49. The zero-order valence-electron chi connectivity index (χ0n) is 10.0. The standard InChI is InChI=1S/C15H13NO2/c1-18-15(17)10-14(12-6-3-2-4-7-12)13-8-5-9-16-11-13/h2-11H,1H3/b14-10+. The summed E-state index contributed by atoms with van der Waals surface area (Å²) in [6, 6.07) is 13.4. The van der Waals surface area contributed by atoms with Crippen molar-refractivity contribution in [2.75, 3.05) is 7.11 Å². The summed E-state index contributed by atoms with van der Waals surface area (Å²) in [4.78, 5) is 15.5. The van der Waals surface area contributed by atoms with Crippen LogP contribution < -0.4 is 0 Å². The molecule has 0 aliphatic rings. The van der Waals surface area contributed by atoms with E-state index >= 15 is 0 Å². The van der Waals surface area contributed by atoms with Gasteiger partial charge in [-0.2, -0.15) is 0 Å². The van der Waals surface area contributed by atoms with Gasteiger partial charge < -0.3 is 4.74 Å². The van der Waals surface area contributed by atoms with E-state index in [1.807, 2.05) is 42.5 Å². The van der Waals surface area contributed by atoms with Gasteiger partial charge in [-0.15, -0.1) is 0 Å². The molecule has 3 heteroatoms. The summed E-state index contributed by atoms with van der Waals surface area (Å²) in [5, 5.41) is 0. The van der Waals surface area contributed by atoms with Crippen LogP contribution in [0, 0.1) is 0 Å². The molecule has 0 saturated carbocycles. The second-order valence-electron chi connectivity index (χ2n) is 3.69. The topological polar surface area (TPSA) is 39.2 Å². The number of benzene rings is 1. The van der Waals surface area contributed by atoms with Crippen LogP contribution in [0.5, 0.6) is 0 Å². The summed E-state index contributed by atoms with van der Waals surface area (Å²) in [5.74, 6) is -0.377. The van der Waals surface area contributed by atoms with Gasteiger partial charge in [0, 0.05) is 24.0 Å². The van der Waals surface area contributed by atoms with Crippen molar-refractivity contribution >= 4 is 11.5 Å². The largest absolute Gasteiger partial charge is 0.466 e.